The standard InChI is InChI=1S/C17H29N5O.2ClH/c1-14(16-5-2-6-18-9-16)8-17(23)21-7-3-4-15(10-21)11-22-13-19-12-20-22;;/h12-16,18H,2-11H2,1H3;2*1H. The molecule has 2 fully saturated rings. The number of hydrogen-bond acceptors (Lipinski definition) is 4. The Hall–Kier alpha value is -0.850. The maximum atomic E-state index is 12.7. The van der Waals surface area contributed by atoms with Gasteiger partial charge in [-0.1, -0.05) is 6.92 Å². The molecule has 2 saturated heterocycles. The van der Waals surface area contributed by atoms with Gasteiger partial charge >= 0.3 is 0 Å². The molecule has 3 atom stereocenters. The number of likely N-dealkylation sites (tertiary alicyclic amines) is 1. The van der Waals surface area contributed by atoms with Crippen LogP contribution in [-0.4, -0.2) is 51.8 Å². The Kier molecular flexibility index (Phi) is 9.75. The largest absolute Gasteiger partial charge is 0.342 e. The molecule has 25 heavy (non-hydrogen) atoms. The van der Waals surface area contributed by atoms with Gasteiger partial charge in [-0.3, -0.25) is 9.48 Å². The molecule has 2 aliphatic rings. The van der Waals surface area contributed by atoms with E-state index in [1.54, 1.807) is 12.7 Å². The lowest BCUT2D eigenvalue weighted by atomic mass is 9.85. The van der Waals surface area contributed by atoms with Crippen LogP contribution in [0.2, 0.25) is 0 Å². The number of halogens is 2. The summed E-state index contributed by atoms with van der Waals surface area (Å²) in [6.45, 7) is 7.10. The van der Waals surface area contributed by atoms with Crippen LogP contribution in [0.25, 0.3) is 0 Å². The highest BCUT2D eigenvalue weighted by atomic mass is 35.5. The fourth-order valence-electron chi connectivity index (χ4n) is 3.97. The Morgan fingerprint density at radius 3 is 2.84 bits per heavy atom. The summed E-state index contributed by atoms with van der Waals surface area (Å²) in [5.41, 5.74) is 0. The van der Waals surface area contributed by atoms with Crippen molar-refractivity contribution in [3.05, 3.63) is 12.7 Å². The van der Waals surface area contributed by atoms with Crippen molar-refractivity contribution < 1.29 is 4.79 Å². The first-order valence-corrected chi connectivity index (χ1v) is 9.03. The molecular formula is C17H31Cl2N5O. The monoisotopic (exact) mass is 391 g/mol. The summed E-state index contributed by atoms with van der Waals surface area (Å²) in [5.74, 6) is 1.97. The smallest absolute Gasteiger partial charge is 0.222 e. The normalized spacial score (nSPS) is 24.8. The van der Waals surface area contributed by atoms with Crippen molar-refractivity contribution in [2.24, 2.45) is 17.8 Å². The lowest BCUT2D eigenvalue weighted by molar-refractivity contribution is -0.134. The molecule has 8 heteroatoms. The highest BCUT2D eigenvalue weighted by molar-refractivity contribution is 5.85. The molecule has 1 aromatic heterocycles. The molecule has 1 amide bonds. The average Bonchev–Trinajstić information content (AvgIpc) is 3.09. The van der Waals surface area contributed by atoms with Gasteiger partial charge in [-0.2, -0.15) is 5.10 Å². The first-order valence-electron chi connectivity index (χ1n) is 9.03. The number of rotatable bonds is 5. The third kappa shape index (κ3) is 6.42. The van der Waals surface area contributed by atoms with Crippen LogP contribution in [-0.2, 0) is 11.3 Å². The number of aromatic nitrogens is 3. The van der Waals surface area contributed by atoms with Gasteiger partial charge < -0.3 is 10.2 Å². The zero-order valence-electron chi connectivity index (χ0n) is 15.0. The third-order valence-corrected chi connectivity index (χ3v) is 5.42. The number of amides is 1. The summed E-state index contributed by atoms with van der Waals surface area (Å²) in [5, 5.41) is 7.64. The maximum Gasteiger partial charge on any atom is 0.222 e. The second-order valence-electron chi connectivity index (χ2n) is 7.25. The SMILES string of the molecule is CC(CC(=O)N1CCCC(Cn2cncn2)C1)C1CCCNC1.Cl.Cl. The van der Waals surface area contributed by atoms with E-state index in [4.69, 9.17) is 0 Å². The van der Waals surface area contributed by atoms with Gasteiger partial charge in [0.25, 0.3) is 0 Å². The molecule has 0 saturated carbocycles. The van der Waals surface area contributed by atoms with E-state index in [0.717, 1.165) is 39.1 Å². The Morgan fingerprint density at radius 1 is 1.32 bits per heavy atom. The highest BCUT2D eigenvalue weighted by Crippen LogP contribution is 2.25. The minimum Gasteiger partial charge on any atom is -0.342 e. The van der Waals surface area contributed by atoms with Gasteiger partial charge in [0.2, 0.25) is 5.91 Å². The summed E-state index contributed by atoms with van der Waals surface area (Å²) in [4.78, 5) is 18.7. The molecular weight excluding hydrogens is 361 g/mol. The number of carbonyl (C=O) groups excluding carboxylic acids is 1. The van der Waals surface area contributed by atoms with Crippen LogP contribution in [0.4, 0.5) is 0 Å². The van der Waals surface area contributed by atoms with Crippen molar-refractivity contribution in [1.29, 1.82) is 0 Å². The zero-order chi connectivity index (χ0) is 16.1. The van der Waals surface area contributed by atoms with Crippen LogP contribution < -0.4 is 5.32 Å². The minimum atomic E-state index is 0. The topological polar surface area (TPSA) is 63.1 Å². The highest BCUT2D eigenvalue weighted by Gasteiger charge is 2.27. The number of piperidine rings is 2. The van der Waals surface area contributed by atoms with E-state index in [-0.39, 0.29) is 24.8 Å². The number of nitrogens with one attached hydrogen (secondary N) is 1. The molecule has 6 nitrogen and oxygen atoms in total. The Bertz CT molecular complexity index is 493. The molecule has 3 rings (SSSR count). The number of nitrogens with zero attached hydrogens (tertiary/aromatic N) is 4. The van der Waals surface area contributed by atoms with Crippen molar-refractivity contribution in [3.63, 3.8) is 0 Å². The van der Waals surface area contributed by atoms with E-state index in [9.17, 15) is 4.79 Å². The Morgan fingerprint density at radius 2 is 2.16 bits per heavy atom. The Labute approximate surface area is 162 Å². The molecule has 3 heterocycles. The van der Waals surface area contributed by atoms with Crippen LogP contribution >= 0.6 is 24.8 Å². The van der Waals surface area contributed by atoms with Crippen LogP contribution in [0.1, 0.15) is 39.0 Å². The predicted molar refractivity (Wildman–Crippen MR) is 103 cm³/mol. The third-order valence-electron chi connectivity index (χ3n) is 5.42. The summed E-state index contributed by atoms with van der Waals surface area (Å²) < 4.78 is 1.88. The average molecular weight is 392 g/mol. The fourth-order valence-corrected chi connectivity index (χ4v) is 3.97. The molecule has 0 aromatic carbocycles. The molecule has 144 valence electrons. The maximum absolute atomic E-state index is 12.7. The van der Waals surface area contributed by atoms with Crippen LogP contribution in [0.15, 0.2) is 12.7 Å². The molecule has 0 aliphatic carbocycles. The second-order valence-corrected chi connectivity index (χ2v) is 7.25. The zero-order valence-corrected chi connectivity index (χ0v) is 16.6. The Balaban J connectivity index is 0.00000156. The van der Waals surface area contributed by atoms with Gasteiger partial charge in [0, 0.05) is 26.1 Å². The molecule has 1 N–H and O–H groups in total. The second kappa shape index (κ2) is 11.0. The van der Waals surface area contributed by atoms with E-state index >= 15 is 0 Å². The molecule has 2 aliphatic heterocycles. The van der Waals surface area contributed by atoms with Crippen LogP contribution in [0.5, 0.6) is 0 Å². The lowest BCUT2D eigenvalue weighted by Crippen LogP contribution is -2.42. The molecule has 3 unspecified atom stereocenters. The summed E-state index contributed by atoms with van der Waals surface area (Å²) in [7, 11) is 0. The van der Waals surface area contributed by atoms with Crippen LogP contribution in [0, 0.1) is 17.8 Å². The quantitative estimate of drug-likeness (QED) is 0.836. The van der Waals surface area contributed by atoms with E-state index in [0.29, 0.717) is 30.1 Å². The van der Waals surface area contributed by atoms with Crippen molar-refractivity contribution in [2.45, 2.75) is 45.6 Å². The van der Waals surface area contributed by atoms with Crippen molar-refractivity contribution in [3.8, 4) is 0 Å². The molecule has 0 bridgehead atoms. The predicted octanol–water partition coefficient (Wildman–Crippen LogP) is 2.39. The van der Waals surface area contributed by atoms with Gasteiger partial charge in [0.15, 0.2) is 0 Å². The van der Waals surface area contributed by atoms with Gasteiger partial charge in [0.05, 0.1) is 0 Å². The van der Waals surface area contributed by atoms with Crippen LogP contribution in [0.3, 0.4) is 0 Å². The van der Waals surface area contributed by atoms with Gasteiger partial charge in [-0.15, -0.1) is 24.8 Å². The van der Waals surface area contributed by atoms with Gasteiger partial charge in [-0.25, -0.2) is 4.98 Å². The number of carbonyl (C=O) groups is 1. The summed E-state index contributed by atoms with van der Waals surface area (Å²) in [6, 6.07) is 0. The first kappa shape index (κ1) is 22.2. The molecule has 0 spiro atoms. The van der Waals surface area contributed by atoms with E-state index in [1.807, 2.05) is 4.68 Å². The summed E-state index contributed by atoms with van der Waals surface area (Å²) in [6.07, 6.45) is 8.81. The van der Waals surface area contributed by atoms with E-state index in [2.05, 4.69) is 27.2 Å². The van der Waals surface area contributed by atoms with Crippen molar-refractivity contribution in [2.75, 3.05) is 26.2 Å². The van der Waals surface area contributed by atoms with Crippen molar-refractivity contribution >= 4 is 30.7 Å². The fraction of sp³-hybridized carbons (Fsp3) is 0.824. The van der Waals surface area contributed by atoms with Gasteiger partial charge in [-0.05, 0) is 56.5 Å². The van der Waals surface area contributed by atoms with Crippen molar-refractivity contribution in [1.82, 2.24) is 25.0 Å². The lowest BCUT2D eigenvalue weighted by Gasteiger charge is -2.35. The molecule has 1 aromatic rings. The van der Waals surface area contributed by atoms with E-state index in [1.165, 1.54) is 19.3 Å². The minimum absolute atomic E-state index is 0. The number of hydrogen-bond donors (Lipinski definition) is 1. The summed E-state index contributed by atoms with van der Waals surface area (Å²) >= 11 is 0. The molecule has 0 radical (unpaired) electrons. The van der Waals surface area contributed by atoms with Gasteiger partial charge in [0.1, 0.15) is 12.7 Å². The van der Waals surface area contributed by atoms with E-state index < -0.39 is 0 Å². The first-order chi connectivity index (χ1) is 11.2.